The van der Waals surface area contributed by atoms with Crippen LogP contribution in [0.3, 0.4) is 0 Å². The second-order valence-electron chi connectivity index (χ2n) is 6.59. The van der Waals surface area contributed by atoms with Crippen molar-refractivity contribution >= 4 is 84.4 Å². The molecular weight excluding hydrogens is 596 g/mol. The summed E-state index contributed by atoms with van der Waals surface area (Å²) in [7, 11) is 0. The van der Waals surface area contributed by atoms with Crippen LogP contribution in [0.2, 0.25) is 0 Å². The maximum atomic E-state index is 11.3. The normalized spacial score (nSPS) is 13.3. The number of thiocarbonyl (C=S) groups is 2. The fourth-order valence-corrected chi connectivity index (χ4v) is 3.51. The molecule has 1 heterocycles. The molecule has 0 bridgehead atoms. The molecule has 0 aliphatic carbocycles. The summed E-state index contributed by atoms with van der Waals surface area (Å²) in [5.74, 6) is 0.0984. The Morgan fingerprint density at radius 2 is 1.42 bits per heavy atom. The molecule has 9 nitrogen and oxygen atoms in total. The molecule has 0 unspecified atom stereocenters. The smallest absolute Gasteiger partial charge is 0.324 e. The Labute approximate surface area is 218 Å². The summed E-state index contributed by atoms with van der Waals surface area (Å²) in [5.41, 5.74) is 10.5. The molecule has 1 aliphatic heterocycles. The SMILES string of the molecule is CC(=O)c1cccc(Br)c1.CC1(c2cccc(Br)c2)NC(=O)NC(=O)N1.NC(=S)NC(N)=S. The highest BCUT2D eigenvalue weighted by atomic mass is 79.9. The van der Waals surface area contributed by atoms with E-state index >= 15 is 0 Å². The van der Waals surface area contributed by atoms with E-state index in [0.29, 0.717) is 0 Å². The van der Waals surface area contributed by atoms with Crippen molar-refractivity contribution in [1.82, 2.24) is 21.3 Å². The Morgan fingerprint density at radius 1 is 0.939 bits per heavy atom. The molecule has 1 aliphatic rings. The van der Waals surface area contributed by atoms with Crippen LogP contribution in [-0.2, 0) is 5.66 Å². The van der Waals surface area contributed by atoms with Crippen LogP contribution in [0.1, 0.15) is 29.8 Å². The zero-order chi connectivity index (χ0) is 25.2. The van der Waals surface area contributed by atoms with Gasteiger partial charge >= 0.3 is 12.1 Å². The van der Waals surface area contributed by atoms with Crippen molar-refractivity contribution in [3.63, 3.8) is 0 Å². The van der Waals surface area contributed by atoms with E-state index in [4.69, 9.17) is 11.5 Å². The summed E-state index contributed by atoms with van der Waals surface area (Å²) >= 11 is 15.4. The molecule has 176 valence electrons. The van der Waals surface area contributed by atoms with Crippen LogP contribution in [0.4, 0.5) is 9.59 Å². The molecule has 4 amide bonds. The Balaban J connectivity index is 0.000000275. The van der Waals surface area contributed by atoms with Gasteiger partial charge in [0.1, 0.15) is 5.66 Å². The van der Waals surface area contributed by atoms with Crippen molar-refractivity contribution in [2.45, 2.75) is 19.5 Å². The lowest BCUT2D eigenvalue weighted by Gasteiger charge is -2.35. The monoisotopic (exact) mass is 616 g/mol. The van der Waals surface area contributed by atoms with E-state index in [-0.39, 0.29) is 16.0 Å². The van der Waals surface area contributed by atoms with Crippen molar-refractivity contribution < 1.29 is 14.4 Å². The van der Waals surface area contributed by atoms with Crippen molar-refractivity contribution in [1.29, 1.82) is 0 Å². The van der Waals surface area contributed by atoms with E-state index in [1.54, 1.807) is 19.9 Å². The van der Waals surface area contributed by atoms with Gasteiger partial charge in [0.15, 0.2) is 16.0 Å². The third-order valence-corrected chi connectivity index (χ3v) is 5.02. The van der Waals surface area contributed by atoms with Gasteiger partial charge in [-0.1, -0.05) is 56.1 Å². The first-order valence-electron chi connectivity index (χ1n) is 9.12. The Hall–Kier alpha value is -2.61. The summed E-state index contributed by atoms with van der Waals surface area (Å²) in [6, 6.07) is 13.7. The average Bonchev–Trinajstić information content (AvgIpc) is 2.67. The van der Waals surface area contributed by atoms with Gasteiger partial charge in [0, 0.05) is 14.5 Å². The van der Waals surface area contributed by atoms with E-state index in [9.17, 15) is 14.4 Å². The van der Waals surface area contributed by atoms with Gasteiger partial charge in [0.2, 0.25) is 0 Å². The number of ketones is 1. The van der Waals surface area contributed by atoms with E-state index < -0.39 is 17.7 Å². The first-order chi connectivity index (χ1) is 15.3. The van der Waals surface area contributed by atoms with Gasteiger partial charge in [-0.25, -0.2) is 9.59 Å². The number of halogens is 2. The fourth-order valence-electron chi connectivity index (χ4n) is 2.42. The zero-order valence-corrected chi connectivity index (χ0v) is 22.4. The standard InChI is InChI=1S/C10H10BrN3O2.C8H7BrO.C2H5N3S2/c1-10(6-3-2-4-7(11)5-6)13-8(15)12-9(16)14-10;1-6(10)7-3-2-4-8(9)5-7;3-1(6)5-2(4)7/h2-5H,1H3,(H3,12,13,14,15,16);2-5H,1H3;(H5,3,4,5,6,7). The predicted octanol–water partition coefficient (Wildman–Crippen LogP) is 3.36. The highest BCUT2D eigenvalue weighted by Gasteiger charge is 2.35. The van der Waals surface area contributed by atoms with Crippen LogP contribution < -0.4 is 32.7 Å². The third-order valence-electron chi connectivity index (χ3n) is 3.83. The summed E-state index contributed by atoms with van der Waals surface area (Å²) in [5, 5.41) is 9.97. The van der Waals surface area contributed by atoms with Gasteiger partial charge in [-0.3, -0.25) is 10.1 Å². The van der Waals surface area contributed by atoms with E-state index in [1.165, 1.54) is 0 Å². The molecule has 0 radical (unpaired) electrons. The largest absolute Gasteiger partial charge is 0.376 e. The minimum Gasteiger partial charge on any atom is -0.376 e. The van der Waals surface area contributed by atoms with Crippen LogP contribution in [0, 0.1) is 0 Å². The Kier molecular flexibility index (Phi) is 11.4. The second-order valence-corrected chi connectivity index (χ2v) is 9.30. The van der Waals surface area contributed by atoms with Crippen molar-refractivity contribution in [2.24, 2.45) is 11.5 Å². The number of nitrogens with one attached hydrogen (secondary N) is 4. The predicted molar refractivity (Wildman–Crippen MR) is 143 cm³/mol. The average molecular weight is 618 g/mol. The lowest BCUT2D eigenvalue weighted by Crippen LogP contribution is -2.66. The molecule has 0 aromatic heterocycles. The number of hydrogen-bond donors (Lipinski definition) is 6. The minimum atomic E-state index is -0.886. The number of carbonyl (C=O) groups is 3. The summed E-state index contributed by atoms with van der Waals surface area (Å²) in [4.78, 5) is 33.3. The van der Waals surface area contributed by atoms with Crippen LogP contribution in [0.5, 0.6) is 0 Å². The Morgan fingerprint density at radius 3 is 1.79 bits per heavy atom. The van der Waals surface area contributed by atoms with E-state index in [2.05, 4.69) is 77.6 Å². The molecule has 13 heteroatoms. The fraction of sp³-hybridized carbons (Fsp3) is 0.150. The number of imide groups is 1. The Bertz CT molecular complexity index is 1040. The number of carbonyl (C=O) groups excluding carboxylic acids is 3. The molecule has 8 N–H and O–H groups in total. The van der Waals surface area contributed by atoms with Gasteiger partial charge in [0.25, 0.3) is 0 Å². The second kappa shape index (κ2) is 13.2. The van der Waals surface area contributed by atoms with E-state index in [1.807, 2.05) is 42.5 Å². The number of rotatable bonds is 2. The van der Waals surface area contributed by atoms with Gasteiger partial charge in [-0.2, -0.15) is 0 Å². The van der Waals surface area contributed by atoms with Crippen molar-refractivity contribution in [3.8, 4) is 0 Å². The maximum absolute atomic E-state index is 11.3. The number of benzene rings is 2. The van der Waals surface area contributed by atoms with Crippen LogP contribution in [0.15, 0.2) is 57.5 Å². The molecule has 1 fully saturated rings. The first-order valence-corrected chi connectivity index (χ1v) is 11.5. The summed E-state index contributed by atoms with van der Waals surface area (Å²) < 4.78 is 1.83. The molecule has 0 spiro atoms. The quantitative estimate of drug-likeness (QED) is 0.222. The number of Topliss-reactive ketones (excluding diaryl/α,β-unsaturated/α-hetero) is 1. The first kappa shape index (κ1) is 28.4. The topological polar surface area (TPSA) is 151 Å². The third kappa shape index (κ3) is 10.7. The number of urea groups is 2. The molecule has 1 saturated heterocycles. The highest BCUT2D eigenvalue weighted by molar-refractivity contribution is 9.10. The van der Waals surface area contributed by atoms with Gasteiger partial charge in [0.05, 0.1) is 0 Å². The summed E-state index contributed by atoms with van der Waals surface area (Å²) in [6.45, 7) is 3.28. The summed E-state index contributed by atoms with van der Waals surface area (Å²) in [6.07, 6.45) is 0. The molecular formula is C20H22Br2N6O3S2. The van der Waals surface area contributed by atoms with E-state index in [0.717, 1.165) is 20.1 Å². The van der Waals surface area contributed by atoms with Crippen LogP contribution in [-0.4, -0.2) is 28.1 Å². The minimum absolute atomic E-state index is 0.0984. The molecule has 0 atom stereocenters. The van der Waals surface area contributed by atoms with Gasteiger partial charge in [-0.15, -0.1) is 0 Å². The van der Waals surface area contributed by atoms with Crippen LogP contribution in [0.25, 0.3) is 0 Å². The van der Waals surface area contributed by atoms with Gasteiger partial charge < -0.3 is 27.4 Å². The maximum Gasteiger partial charge on any atom is 0.324 e. The van der Waals surface area contributed by atoms with Gasteiger partial charge in [-0.05, 0) is 68.1 Å². The number of amides is 4. The molecule has 2 aromatic rings. The number of nitrogens with two attached hydrogens (primary N) is 2. The van der Waals surface area contributed by atoms with Crippen molar-refractivity contribution in [2.75, 3.05) is 0 Å². The lowest BCUT2D eigenvalue weighted by molar-refractivity contribution is 0.101. The zero-order valence-electron chi connectivity index (χ0n) is 17.6. The molecule has 3 rings (SSSR count). The van der Waals surface area contributed by atoms with Crippen LogP contribution >= 0.6 is 56.3 Å². The molecule has 0 saturated carbocycles. The molecule has 2 aromatic carbocycles. The molecule has 33 heavy (non-hydrogen) atoms. The number of hydrogen-bond acceptors (Lipinski definition) is 5. The lowest BCUT2D eigenvalue weighted by atomic mass is 10.0. The highest BCUT2D eigenvalue weighted by Crippen LogP contribution is 2.22. The van der Waals surface area contributed by atoms with Crippen molar-refractivity contribution in [3.05, 3.63) is 68.6 Å².